The number of carbonyl (C=O) groups excluding carboxylic acids is 1. The number of nitrogens with one attached hydrogen (secondary N) is 1. The number of halogens is 1. The molecular formula is C22H33FN2O. The number of fused-ring (bicyclic) bond motifs is 5. The first-order valence-corrected chi connectivity index (χ1v) is 10.8. The summed E-state index contributed by atoms with van der Waals surface area (Å²) < 4.78 is 15.2. The average molecular weight is 361 g/mol. The molecule has 4 heteroatoms. The van der Waals surface area contributed by atoms with Crippen LogP contribution in [0, 0.1) is 28.6 Å². The summed E-state index contributed by atoms with van der Waals surface area (Å²) in [5.74, 6) is 1.41. The number of nitrogens with zero attached hydrogens (tertiary/aromatic N) is 1. The summed E-state index contributed by atoms with van der Waals surface area (Å²) in [5.41, 5.74) is -0.0988. The van der Waals surface area contributed by atoms with E-state index in [1.807, 2.05) is 11.9 Å². The summed E-state index contributed by atoms with van der Waals surface area (Å²) >= 11 is 0. The minimum atomic E-state index is -0.477. The summed E-state index contributed by atoms with van der Waals surface area (Å²) in [6, 6.07) is 1.45. The molecule has 4 fully saturated rings. The molecule has 0 aromatic carbocycles. The number of hydrogen-bond donors (Lipinski definition) is 1. The lowest BCUT2D eigenvalue weighted by atomic mass is 9.48. The molecular weight excluding hydrogens is 327 g/mol. The zero-order valence-electron chi connectivity index (χ0n) is 16.4. The highest BCUT2D eigenvalue weighted by Crippen LogP contribution is 2.65. The number of likely N-dealkylation sites (N-methyl/N-ethyl adjacent to an activating group) is 1. The Balaban J connectivity index is 1.46. The van der Waals surface area contributed by atoms with Crippen molar-refractivity contribution in [3.05, 3.63) is 11.9 Å². The summed E-state index contributed by atoms with van der Waals surface area (Å²) in [4.78, 5) is 14.0. The Hall–Kier alpha value is -0.900. The van der Waals surface area contributed by atoms with Gasteiger partial charge in [0, 0.05) is 36.7 Å². The zero-order chi connectivity index (χ0) is 18.3. The molecule has 1 aliphatic heterocycles. The monoisotopic (exact) mass is 360 g/mol. The van der Waals surface area contributed by atoms with Crippen molar-refractivity contribution < 1.29 is 9.18 Å². The number of hydrogen-bond acceptors (Lipinski definition) is 2. The van der Waals surface area contributed by atoms with Crippen molar-refractivity contribution in [1.82, 2.24) is 10.2 Å². The van der Waals surface area contributed by atoms with Crippen molar-refractivity contribution >= 4 is 5.91 Å². The number of amides is 1. The summed E-state index contributed by atoms with van der Waals surface area (Å²) in [5, 5.41) is 3.94. The molecule has 26 heavy (non-hydrogen) atoms. The highest BCUT2D eigenvalue weighted by atomic mass is 19.1. The summed E-state index contributed by atoms with van der Waals surface area (Å²) in [6.07, 6.45) is 11.0. The van der Waals surface area contributed by atoms with E-state index in [2.05, 4.69) is 19.2 Å². The third kappa shape index (κ3) is 2.17. The average Bonchev–Trinajstić information content (AvgIpc) is 3.36. The van der Waals surface area contributed by atoms with Gasteiger partial charge in [0.1, 0.15) is 5.83 Å². The smallest absolute Gasteiger partial charge is 0.249 e. The third-order valence-corrected chi connectivity index (χ3v) is 9.27. The van der Waals surface area contributed by atoms with Gasteiger partial charge >= 0.3 is 0 Å². The van der Waals surface area contributed by atoms with Gasteiger partial charge in [0.05, 0.1) is 0 Å². The molecule has 5 aliphatic rings. The van der Waals surface area contributed by atoms with Crippen molar-refractivity contribution in [3.63, 3.8) is 0 Å². The Morgan fingerprint density at radius 2 is 1.85 bits per heavy atom. The van der Waals surface area contributed by atoms with Gasteiger partial charge in [0.25, 0.3) is 0 Å². The molecule has 0 bridgehead atoms. The molecule has 5 rings (SSSR count). The SMILES string of the molecule is CN1C(=O)C=C(F)[C@@]2(C)C1CC[C@@H]1[C@H]2CC[C@]2(C)C(NC3CC3)CC[C@@H]12. The van der Waals surface area contributed by atoms with Crippen molar-refractivity contribution in [1.29, 1.82) is 0 Å². The van der Waals surface area contributed by atoms with E-state index >= 15 is 4.39 Å². The largest absolute Gasteiger partial charge is 0.338 e. The number of carbonyl (C=O) groups is 1. The van der Waals surface area contributed by atoms with Crippen LogP contribution >= 0.6 is 0 Å². The fraction of sp³-hybridized carbons (Fsp3) is 0.864. The fourth-order valence-electron chi connectivity index (χ4n) is 7.59. The topological polar surface area (TPSA) is 32.3 Å². The lowest BCUT2D eigenvalue weighted by Crippen LogP contribution is -2.61. The van der Waals surface area contributed by atoms with Crippen LogP contribution in [0.3, 0.4) is 0 Å². The maximum atomic E-state index is 15.2. The molecule has 1 amide bonds. The Kier molecular flexibility index (Phi) is 3.68. The molecule has 2 unspecified atom stereocenters. The first kappa shape index (κ1) is 17.2. The van der Waals surface area contributed by atoms with Crippen LogP contribution in [0.15, 0.2) is 11.9 Å². The van der Waals surface area contributed by atoms with Crippen LogP contribution < -0.4 is 5.32 Å². The predicted molar refractivity (Wildman–Crippen MR) is 100 cm³/mol. The highest BCUT2D eigenvalue weighted by Gasteiger charge is 2.62. The normalized spacial score (nSPS) is 50.8. The maximum Gasteiger partial charge on any atom is 0.249 e. The van der Waals surface area contributed by atoms with Crippen molar-refractivity contribution in [2.24, 2.45) is 28.6 Å². The van der Waals surface area contributed by atoms with E-state index in [1.165, 1.54) is 38.2 Å². The molecule has 4 aliphatic carbocycles. The molecule has 0 aromatic heterocycles. The first-order chi connectivity index (χ1) is 12.4. The zero-order valence-corrected chi connectivity index (χ0v) is 16.4. The Bertz CT molecular complexity index is 659. The minimum Gasteiger partial charge on any atom is -0.338 e. The van der Waals surface area contributed by atoms with E-state index in [9.17, 15) is 4.79 Å². The predicted octanol–water partition coefficient (Wildman–Crippen LogP) is 4.04. The van der Waals surface area contributed by atoms with E-state index in [-0.39, 0.29) is 17.8 Å². The molecule has 1 heterocycles. The third-order valence-electron chi connectivity index (χ3n) is 9.27. The van der Waals surface area contributed by atoms with E-state index in [0.717, 1.165) is 25.3 Å². The van der Waals surface area contributed by atoms with Gasteiger partial charge < -0.3 is 10.2 Å². The summed E-state index contributed by atoms with van der Waals surface area (Å²) in [6.45, 7) is 4.62. The molecule has 0 spiro atoms. The van der Waals surface area contributed by atoms with Gasteiger partial charge in [-0.25, -0.2) is 4.39 Å². The van der Waals surface area contributed by atoms with Crippen LogP contribution in [0.4, 0.5) is 4.39 Å². The summed E-state index contributed by atoms with van der Waals surface area (Å²) in [7, 11) is 1.87. The van der Waals surface area contributed by atoms with Crippen molar-refractivity contribution in [2.75, 3.05) is 7.05 Å². The Morgan fingerprint density at radius 1 is 1.08 bits per heavy atom. The van der Waals surface area contributed by atoms with Crippen LogP contribution in [-0.4, -0.2) is 36.0 Å². The molecule has 4 saturated carbocycles. The lowest BCUT2D eigenvalue weighted by Gasteiger charge is -2.60. The van der Waals surface area contributed by atoms with Gasteiger partial charge in [0.2, 0.25) is 5.91 Å². The second kappa shape index (κ2) is 5.56. The Labute approximate surface area is 156 Å². The van der Waals surface area contributed by atoms with Crippen molar-refractivity contribution in [2.45, 2.75) is 83.3 Å². The standard InChI is InChI=1S/C22H33FN2O/c1-21-11-10-16-14(15(21)7-8-18(21)24-13-4-5-13)6-9-19-22(16,2)17(23)12-20(26)25(19)3/h12-16,18-19,24H,4-11H2,1-3H3/t14-,15-,16+,18?,19?,21-,22-/m0/s1. The molecule has 144 valence electrons. The van der Waals surface area contributed by atoms with Gasteiger partial charge in [-0.05, 0) is 74.5 Å². The highest BCUT2D eigenvalue weighted by molar-refractivity contribution is 5.89. The van der Waals surface area contributed by atoms with Gasteiger partial charge in [-0.3, -0.25) is 4.79 Å². The molecule has 3 nitrogen and oxygen atoms in total. The van der Waals surface area contributed by atoms with Crippen molar-refractivity contribution in [3.8, 4) is 0 Å². The van der Waals surface area contributed by atoms with Gasteiger partial charge in [-0.15, -0.1) is 0 Å². The van der Waals surface area contributed by atoms with Crippen LogP contribution in [0.5, 0.6) is 0 Å². The van der Waals surface area contributed by atoms with Crippen LogP contribution in [0.25, 0.3) is 0 Å². The second-order valence-corrected chi connectivity index (χ2v) is 10.3. The molecule has 0 radical (unpaired) electrons. The van der Waals surface area contributed by atoms with E-state index in [0.29, 0.717) is 29.2 Å². The van der Waals surface area contributed by atoms with Crippen LogP contribution in [0.2, 0.25) is 0 Å². The fourth-order valence-corrected chi connectivity index (χ4v) is 7.59. The molecule has 0 saturated heterocycles. The first-order valence-electron chi connectivity index (χ1n) is 10.8. The second-order valence-electron chi connectivity index (χ2n) is 10.3. The molecule has 7 atom stereocenters. The van der Waals surface area contributed by atoms with Gasteiger partial charge in [-0.1, -0.05) is 13.8 Å². The van der Waals surface area contributed by atoms with E-state index < -0.39 is 5.41 Å². The molecule has 0 aromatic rings. The van der Waals surface area contributed by atoms with Crippen LogP contribution in [0.1, 0.15) is 65.2 Å². The van der Waals surface area contributed by atoms with Crippen LogP contribution in [-0.2, 0) is 4.79 Å². The van der Waals surface area contributed by atoms with Gasteiger partial charge in [0.15, 0.2) is 0 Å². The lowest BCUT2D eigenvalue weighted by molar-refractivity contribution is -0.142. The quantitative estimate of drug-likeness (QED) is 0.806. The Morgan fingerprint density at radius 3 is 2.58 bits per heavy atom. The minimum absolute atomic E-state index is 0.0346. The molecule has 1 N–H and O–H groups in total. The van der Waals surface area contributed by atoms with E-state index in [1.54, 1.807) is 0 Å². The number of rotatable bonds is 2. The maximum absolute atomic E-state index is 15.2. The van der Waals surface area contributed by atoms with E-state index in [4.69, 9.17) is 0 Å². The van der Waals surface area contributed by atoms with Gasteiger partial charge in [-0.2, -0.15) is 0 Å².